The minimum absolute atomic E-state index is 0.252. The largest absolute Gasteiger partial charge is 0.496 e. The number of rotatable bonds is 5. The average Bonchev–Trinajstić information content (AvgIpc) is 2.47. The molecular formula is C15H17NO3S. The van der Waals surface area contributed by atoms with E-state index in [4.69, 9.17) is 4.74 Å². The second-order valence-corrected chi connectivity index (χ2v) is 6.11. The van der Waals surface area contributed by atoms with Gasteiger partial charge < -0.3 is 4.74 Å². The first kappa shape index (κ1) is 14.6. The quantitative estimate of drug-likeness (QED) is 0.921. The molecule has 0 amide bonds. The van der Waals surface area contributed by atoms with E-state index in [9.17, 15) is 8.42 Å². The molecule has 5 heteroatoms. The van der Waals surface area contributed by atoms with Crippen LogP contribution in [0.5, 0.6) is 5.75 Å². The summed E-state index contributed by atoms with van der Waals surface area (Å²) in [6.07, 6.45) is 0. The van der Waals surface area contributed by atoms with Crippen LogP contribution in [0.2, 0.25) is 0 Å². The summed E-state index contributed by atoms with van der Waals surface area (Å²) in [6.45, 7) is 1.79. The Morgan fingerprint density at radius 2 is 1.60 bits per heavy atom. The summed E-state index contributed by atoms with van der Waals surface area (Å²) in [5, 5.41) is 0. The minimum atomic E-state index is -3.54. The second kappa shape index (κ2) is 6.07. The van der Waals surface area contributed by atoms with E-state index in [0.717, 1.165) is 5.56 Å². The van der Waals surface area contributed by atoms with Crippen molar-refractivity contribution in [3.8, 4) is 5.75 Å². The Hall–Kier alpha value is -1.85. The van der Waals surface area contributed by atoms with Crippen LogP contribution in [0.1, 0.15) is 18.5 Å². The molecule has 0 saturated carbocycles. The predicted molar refractivity (Wildman–Crippen MR) is 78.2 cm³/mol. The number of hydrogen-bond acceptors (Lipinski definition) is 3. The Bertz CT molecular complexity index is 669. The fourth-order valence-corrected chi connectivity index (χ4v) is 3.23. The summed E-state index contributed by atoms with van der Waals surface area (Å²) < 4.78 is 32.4. The molecule has 2 aromatic rings. The van der Waals surface area contributed by atoms with E-state index in [1.54, 1.807) is 44.4 Å². The third-order valence-corrected chi connectivity index (χ3v) is 4.55. The Morgan fingerprint density at radius 3 is 2.25 bits per heavy atom. The SMILES string of the molecule is COc1ccccc1[C@@H](C)NS(=O)(=O)c1ccccc1. The molecule has 2 aromatic carbocycles. The van der Waals surface area contributed by atoms with Crippen LogP contribution >= 0.6 is 0 Å². The van der Waals surface area contributed by atoms with Gasteiger partial charge in [-0.05, 0) is 25.1 Å². The summed E-state index contributed by atoms with van der Waals surface area (Å²) in [5.74, 6) is 0.663. The Kier molecular flexibility index (Phi) is 4.42. The normalized spacial score (nSPS) is 12.9. The Balaban J connectivity index is 2.26. The van der Waals surface area contributed by atoms with Crippen LogP contribution in [-0.2, 0) is 10.0 Å². The van der Waals surface area contributed by atoms with Gasteiger partial charge in [-0.2, -0.15) is 0 Å². The summed E-state index contributed by atoms with van der Waals surface area (Å²) in [4.78, 5) is 0.252. The number of sulfonamides is 1. The number of methoxy groups -OCH3 is 1. The highest BCUT2D eigenvalue weighted by atomic mass is 32.2. The zero-order valence-electron chi connectivity index (χ0n) is 11.4. The standard InChI is InChI=1S/C15H17NO3S/c1-12(14-10-6-7-11-15(14)19-2)16-20(17,18)13-8-4-3-5-9-13/h3-12,16H,1-2H3/t12-/m1/s1. The van der Waals surface area contributed by atoms with Crippen LogP contribution < -0.4 is 9.46 Å². The fraction of sp³-hybridized carbons (Fsp3) is 0.200. The monoisotopic (exact) mass is 291 g/mol. The summed E-state index contributed by atoms with van der Waals surface area (Å²) in [5.41, 5.74) is 0.800. The Morgan fingerprint density at radius 1 is 1.00 bits per heavy atom. The highest BCUT2D eigenvalue weighted by Crippen LogP contribution is 2.25. The minimum Gasteiger partial charge on any atom is -0.496 e. The maximum absolute atomic E-state index is 12.3. The summed E-state index contributed by atoms with van der Waals surface area (Å²) >= 11 is 0. The second-order valence-electron chi connectivity index (χ2n) is 4.40. The molecule has 0 spiro atoms. The van der Waals surface area contributed by atoms with Crippen molar-refractivity contribution < 1.29 is 13.2 Å². The van der Waals surface area contributed by atoms with Gasteiger partial charge in [-0.3, -0.25) is 0 Å². The van der Waals surface area contributed by atoms with Crippen LogP contribution in [0.15, 0.2) is 59.5 Å². The summed E-state index contributed by atoms with van der Waals surface area (Å²) in [6, 6.07) is 15.3. The molecule has 0 radical (unpaired) electrons. The lowest BCUT2D eigenvalue weighted by Crippen LogP contribution is -2.27. The van der Waals surface area contributed by atoms with Crippen molar-refractivity contribution in [3.05, 3.63) is 60.2 Å². The van der Waals surface area contributed by atoms with Crippen molar-refractivity contribution in [3.63, 3.8) is 0 Å². The number of ether oxygens (including phenoxy) is 1. The average molecular weight is 291 g/mol. The molecule has 20 heavy (non-hydrogen) atoms. The molecule has 0 aliphatic carbocycles. The van der Waals surface area contributed by atoms with Gasteiger partial charge in [0.05, 0.1) is 12.0 Å². The molecule has 0 unspecified atom stereocenters. The molecule has 4 nitrogen and oxygen atoms in total. The molecule has 0 bridgehead atoms. The molecule has 106 valence electrons. The van der Waals surface area contributed by atoms with E-state index in [1.807, 2.05) is 24.3 Å². The van der Waals surface area contributed by atoms with Crippen molar-refractivity contribution in [2.45, 2.75) is 17.9 Å². The van der Waals surface area contributed by atoms with Crippen molar-refractivity contribution in [1.29, 1.82) is 0 Å². The maximum atomic E-state index is 12.3. The first-order chi connectivity index (χ1) is 9.54. The number of nitrogens with one attached hydrogen (secondary N) is 1. The molecule has 0 aliphatic rings. The fourth-order valence-electron chi connectivity index (χ4n) is 1.99. The summed E-state index contributed by atoms with van der Waals surface area (Å²) in [7, 11) is -1.97. The third kappa shape index (κ3) is 3.18. The smallest absolute Gasteiger partial charge is 0.241 e. The molecule has 2 rings (SSSR count). The van der Waals surface area contributed by atoms with Gasteiger partial charge in [0.25, 0.3) is 0 Å². The third-order valence-electron chi connectivity index (χ3n) is 2.99. The van der Waals surface area contributed by atoms with Crippen LogP contribution in [-0.4, -0.2) is 15.5 Å². The molecule has 0 fully saturated rings. The highest BCUT2D eigenvalue weighted by Gasteiger charge is 2.19. The van der Waals surface area contributed by atoms with E-state index in [-0.39, 0.29) is 10.9 Å². The molecule has 1 atom stereocenters. The van der Waals surface area contributed by atoms with Crippen LogP contribution in [0.3, 0.4) is 0 Å². The van der Waals surface area contributed by atoms with Crippen LogP contribution in [0.4, 0.5) is 0 Å². The molecule has 0 saturated heterocycles. The Labute approximate surface area is 119 Å². The molecule has 0 aliphatic heterocycles. The zero-order chi connectivity index (χ0) is 14.6. The van der Waals surface area contributed by atoms with Gasteiger partial charge in [0.1, 0.15) is 5.75 Å². The lowest BCUT2D eigenvalue weighted by Gasteiger charge is -2.17. The van der Waals surface area contributed by atoms with Gasteiger partial charge in [0.2, 0.25) is 10.0 Å². The first-order valence-corrected chi connectivity index (χ1v) is 7.73. The van der Waals surface area contributed by atoms with E-state index in [1.165, 1.54) is 0 Å². The maximum Gasteiger partial charge on any atom is 0.241 e. The van der Waals surface area contributed by atoms with E-state index < -0.39 is 10.0 Å². The van der Waals surface area contributed by atoms with E-state index in [2.05, 4.69) is 4.72 Å². The molecule has 1 N–H and O–H groups in total. The molecular weight excluding hydrogens is 274 g/mol. The van der Waals surface area contributed by atoms with Gasteiger partial charge in [-0.25, -0.2) is 13.1 Å². The van der Waals surface area contributed by atoms with Gasteiger partial charge in [0, 0.05) is 11.6 Å². The van der Waals surface area contributed by atoms with Gasteiger partial charge in [0.15, 0.2) is 0 Å². The molecule has 0 heterocycles. The van der Waals surface area contributed by atoms with Crippen molar-refractivity contribution in [2.24, 2.45) is 0 Å². The number of benzene rings is 2. The number of para-hydroxylation sites is 1. The van der Waals surface area contributed by atoms with Gasteiger partial charge in [-0.1, -0.05) is 36.4 Å². The van der Waals surface area contributed by atoms with Gasteiger partial charge in [-0.15, -0.1) is 0 Å². The van der Waals surface area contributed by atoms with Crippen LogP contribution in [0, 0.1) is 0 Å². The molecule has 0 aromatic heterocycles. The van der Waals surface area contributed by atoms with Crippen molar-refractivity contribution in [2.75, 3.05) is 7.11 Å². The van der Waals surface area contributed by atoms with Crippen molar-refractivity contribution >= 4 is 10.0 Å². The number of hydrogen-bond donors (Lipinski definition) is 1. The lowest BCUT2D eigenvalue weighted by atomic mass is 10.1. The van der Waals surface area contributed by atoms with E-state index in [0.29, 0.717) is 5.75 Å². The topological polar surface area (TPSA) is 55.4 Å². The predicted octanol–water partition coefficient (Wildman–Crippen LogP) is 2.73. The van der Waals surface area contributed by atoms with Crippen LogP contribution in [0.25, 0.3) is 0 Å². The highest BCUT2D eigenvalue weighted by molar-refractivity contribution is 7.89. The van der Waals surface area contributed by atoms with Gasteiger partial charge >= 0.3 is 0 Å². The van der Waals surface area contributed by atoms with Crippen molar-refractivity contribution in [1.82, 2.24) is 4.72 Å². The zero-order valence-corrected chi connectivity index (χ0v) is 12.2. The first-order valence-electron chi connectivity index (χ1n) is 6.25. The van der Waals surface area contributed by atoms with E-state index >= 15 is 0 Å². The lowest BCUT2D eigenvalue weighted by molar-refractivity contribution is 0.405.